The molecule has 1 aliphatic heterocycles. The van der Waals surface area contributed by atoms with E-state index in [0.29, 0.717) is 18.8 Å². The van der Waals surface area contributed by atoms with Crippen LogP contribution in [0.15, 0.2) is 24.8 Å². The molecule has 0 aromatic carbocycles. The van der Waals surface area contributed by atoms with E-state index in [1.807, 2.05) is 6.92 Å². The van der Waals surface area contributed by atoms with Crippen LogP contribution in [-0.4, -0.2) is 37.6 Å². The number of hydrogen-bond donors (Lipinski definition) is 1. The van der Waals surface area contributed by atoms with E-state index in [1.165, 1.54) is 102 Å². The van der Waals surface area contributed by atoms with E-state index < -0.39 is 0 Å². The van der Waals surface area contributed by atoms with Crippen molar-refractivity contribution in [3.63, 3.8) is 0 Å². The molecule has 1 aliphatic rings. The Morgan fingerprint density at radius 1 is 0.744 bits per heavy atom. The molecule has 0 aliphatic carbocycles. The van der Waals surface area contributed by atoms with Crippen LogP contribution in [0, 0.1) is 0 Å². The fourth-order valence-electron chi connectivity index (χ4n) is 3.88. The maximum atomic E-state index is 11.2. The van der Waals surface area contributed by atoms with E-state index in [2.05, 4.69) is 30.1 Å². The van der Waals surface area contributed by atoms with Gasteiger partial charge in [-0.15, -0.1) is 0 Å². The molecule has 6 heteroatoms. The molecule has 1 amide bonds. The lowest BCUT2D eigenvalue weighted by atomic mass is 10.0. The lowest BCUT2D eigenvalue weighted by Crippen LogP contribution is -2.12. The van der Waals surface area contributed by atoms with Crippen LogP contribution in [0.1, 0.15) is 149 Å². The molecule has 228 valence electrons. The Balaban J connectivity index is 0. The molecule has 1 rings (SSSR count). The number of nitrogens with one attached hydrogen (secondary N) is 1. The van der Waals surface area contributed by atoms with Gasteiger partial charge in [0.05, 0.1) is 13.2 Å². The second-order valence-corrected chi connectivity index (χ2v) is 10.4. The van der Waals surface area contributed by atoms with Gasteiger partial charge >= 0.3 is 11.9 Å². The molecule has 0 unspecified atom stereocenters. The highest BCUT2D eigenvalue weighted by Gasteiger charge is 2.05. The molecule has 0 saturated carbocycles. The minimum Gasteiger partial charge on any atom is -0.463 e. The second-order valence-electron chi connectivity index (χ2n) is 10.4. The molecule has 0 spiro atoms. The predicted molar refractivity (Wildman–Crippen MR) is 164 cm³/mol. The Morgan fingerprint density at radius 2 is 1.18 bits per heavy atom. The van der Waals surface area contributed by atoms with Crippen molar-refractivity contribution < 1.29 is 23.9 Å². The third-order valence-corrected chi connectivity index (χ3v) is 6.39. The quantitative estimate of drug-likeness (QED) is 0.0826. The summed E-state index contributed by atoms with van der Waals surface area (Å²) in [6.07, 6.45) is 26.7. The zero-order chi connectivity index (χ0) is 29.4. The number of esters is 2. The van der Waals surface area contributed by atoms with E-state index in [1.54, 1.807) is 6.92 Å². The molecule has 1 saturated heterocycles. The average Bonchev–Trinajstić information content (AvgIpc) is 3.41. The minimum absolute atomic E-state index is 0.204. The van der Waals surface area contributed by atoms with Crippen molar-refractivity contribution in [3.8, 4) is 0 Å². The zero-order valence-electron chi connectivity index (χ0n) is 25.8. The third-order valence-electron chi connectivity index (χ3n) is 6.39. The van der Waals surface area contributed by atoms with Crippen LogP contribution in [0.25, 0.3) is 0 Å². The molecule has 0 aromatic rings. The third kappa shape index (κ3) is 33.9. The minimum atomic E-state index is -0.330. The first-order valence-electron chi connectivity index (χ1n) is 15.8. The first kappa shape index (κ1) is 39.0. The Bertz CT molecular complexity index is 609. The number of ether oxygens (including phenoxy) is 2. The summed E-state index contributed by atoms with van der Waals surface area (Å²) < 4.78 is 9.76. The number of amides is 1. The van der Waals surface area contributed by atoms with Gasteiger partial charge in [0.2, 0.25) is 5.91 Å². The Kier molecular flexibility index (Phi) is 32.1. The molecular weight excluding hydrogens is 490 g/mol. The van der Waals surface area contributed by atoms with Crippen molar-refractivity contribution in [2.75, 3.05) is 19.8 Å². The smallest absolute Gasteiger partial charge is 0.333 e. The Morgan fingerprint density at radius 3 is 1.51 bits per heavy atom. The molecule has 0 radical (unpaired) electrons. The van der Waals surface area contributed by atoms with E-state index in [9.17, 15) is 14.4 Å². The van der Waals surface area contributed by atoms with Crippen LogP contribution in [0.4, 0.5) is 0 Å². The van der Waals surface area contributed by atoms with Crippen LogP contribution in [0.5, 0.6) is 0 Å². The monoisotopic (exact) mass is 551 g/mol. The highest BCUT2D eigenvalue weighted by atomic mass is 16.5. The number of hydrogen-bond acceptors (Lipinski definition) is 5. The Hall–Kier alpha value is -2.11. The van der Waals surface area contributed by atoms with Gasteiger partial charge < -0.3 is 14.8 Å². The normalized spacial score (nSPS) is 11.8. The van der Waals surface area contributed by atoms with Gasteiger partial charge in [0.1, 0.15) is 0 Å². The highest BCUT2D eigenvalue weighted by molar-refractivity contribution is 5.86. The first-order valence-corrected chi connectivity index (χ1v) is 15.8. The summed E-state index contributed by atoms with van der Waals surface area (Å²) in [6.45, 7) is 14.8. The molecule has 0 aromatic heterocycles. The maximum Gasteiger partial charge on any atom is 0.333 e. The van der Waals surface area contributed by atoms with Gasteiger partial charge in [-0.3, -0.25) is 4.79 Å². The average molecular weight is 552 g/mol. The van der Waals surface area contributed by atoms with Gasteiger partial charge in [-0.25, -0.2) is 9.59 Å². The number of unbranched alkanes of at least 4 members (excludes halogenated alkanes) is 16. The fourth-order valence-corrected chi connectivity index (χ4v) is 3.88. The number of carbonyl (C=O) groups excluding carboxylic acids is 3. The summed E-state index contributed by atoms with van der Waals surface area (Å²) >= 11 is 0. The van der Waals surface area contributed by atoms with Crippen LogP contribution in [0.3, 0.4) is 0 Å². The lowest BCUT2D eigenvalue weighted by molar-refractivity contribution is -0.139. The number of carbonyl (C=O) groups is 3. The van der Waals surface area contributed by atoms with Gasteiger partial charge in [0, 0.05) is 24.6 Å². The van der Waals surface area contributed by atoms with Crippen LogP contribution < -0.4 is 5.32 Å². The molecule has 1 heterocycles. The standard InChI is InChI=1S/C22H42O2.C7H12O2.C4H7NO/c1-4-5-6-7-8-9-10-11-12-13-14-15-16-17-18-19-20-24-22(23)21(2)3;1-3-5-6-9-7(8)4-2;6-4-2-1-3-5-4/h2,4-20H2,1,3H3;4H,2-3,5-6H2,1H3;1-3H2,(H,5,6). The van der Waals surface area contributed by atoms with E-state index in [0.717, 1.165) is 38.6 Å². The molecule has 0 bridgehead atoms. The summed E-state index contributed by atoms with van der Waals surface area (Å²) in [7, 11) is 0. The topological polar surface area (TPSA) is 81.7 Å². The fraction of sp³-hybridized carbons (Fsp3) is 0.788. The first-order chi connectivity index (χ1) is 18.9. The van der Waals surface area contributed by atoms with Crippen molar-refractivity contribution in [2.24, 2.45) is 0 Å². The van der Waals surface area contributed by atoms with Crippen molar-refractivity contribution in [1.82, 2.24) is 5.32 Å². The molecule has 6 nitrogen and oxygen atoms in total. The van der Waals surface area contributed by atoms with Crippen LogP contribution >= 0.6 is 0 Å². The maximum absolute atomic E-state index is 11.2. The number of rotatable bonds is 22. The van der Waals surface area contributed by atoms with Gasteiger partial charge in [-0.1, -0.05) is 130 Å². The van der Waals surface area contributed by atoms with Crippen LogP contribution in [-0.2, 0) is 23.9 Å². The molecular formula is C33H61NO5. The van der Waals surface area contributed by atoms with E-state index in [4.69, 9.17) is 4.74 Å². The second kappa shape index (κ2) is 32.1. The largest absolute Gasteiger partial charge is 0.463 e. The van der Waals surface area contributed by atoms with Gasteiger partial charge in [0.15, 0.2) is 0 Å². The van der Waals surface area contributed by atoms with Gasteiger partial charge in [0.25, 0.3) is 0 Å². The van der Waals surface area contributed by atoms with Crippen molar-refractivity contribution in [1.29, 1.82) is 0 Å². The molecule has 0 atom stereocenters. The predicted octanol–water partition coefficient (Wildman–Crippen LogP) is 8.78. The molecule has 39 heavy (non-hydrogen) atoms. The summed E-state index contributed by atoms with van der Waals surface area (Å²) in [6, 6.07) is 0. The lowest BCUT2D eigenvalue weighted by Gasteiger charge is -2.05. The summed E-state index contributed by atoms with van der Waals surface area (Å²) in [5.41, 5.74) is 0.492. The van der Waals surface area contributed by atoms with Crippen molar-refractivity contribution in [3.05, 3.63) is 24.8 Å². The molecule has 1 N–H and O–H groups in total. The summed E-state index contributed by atoms with van der Waals surface area (Å²) in [5, 5.41) is 2.68. The SMILES string of the molecule is C=C(C)C(=O)OCCCCCCCCCCCCCCCCCC.C=CC(=O)OCCCC.O=C1CCCN1. The molecule has 1 fully saturated rings. The van der Waals surface area contributed by atoms with E-state index in [-0.39, 0.29) is 17.8 Å². The summed E-state index contributed by atoms with van der Waals surface area (Å²) in [5.74, 6) is -0.380. The van der Waals surface area contributed by atoms with Crippen LogP contribution in [0.2, 0.25) is 0 Å². The van der Waals surface area contributed by atoms with Crippen molar-refractivity contribution >= 4 is 17.8 Å². The zero-order valence-corrected chi connectivity index (χ0v) is 25.8. The summed E-state index contributed by atoms with van der Waals surface area (Å²) in [4.78, 5) is 31.7. The van der Waals surface area contributed by atoms with Gasteiger partial charge in [-0.05, 0) is 26.2 Å². The van der Waals surface area contributed by atoms with Gasteiger partial charge in [-0.2, -0.15) is 0 Å². The highest BCUT2D eigenvalue weighted by Crippen LogP contribution is 2.13. The van der Waals surface area contributed by atoms with E-state index >= 15 is 0 Å². The van der Waals surface area contributed by atoms with Crippen molar-refractivity contribution in [2.45, 2.75) is 149 Å². The Labute approximate surface area is 240 Å².